The van der Waals surface area contributed by atoms with E-state index in [4.69, 9.17) is 11.6 Å². The second-order valence-electron chi connectivity index (χ2n) is 7.12. The lowest BCUT2D eigenvalue weighted by molar-refractivity contribution is 0.618. The molecule has 2 aromatic carbocycles. The van der Waals surface area contributed by atoms with Crippen molar-refractivity contribution >= 4 is 23.4 Å². The highest BCUT2D eigenvalue weighted by molar-refractivity contribution is 6.30. The van der Waals surface area contributed by atoms with Crippen LogP contribution >= 0.6 is 11.6 Å². The van der Waals surface area contributed by atoms with Crippen molar-refractivity contribution in [1.82, 2.24) is 9.78 Å². The Morgan fingerprint density at radius 2 is 1.83 bits per heavy atom. The van der Waals surface area contributed by atoms with Crippen molar-refractivity contribution in [3.63, 3.8) is 0 Å². The molecule has 0 fully saturated rings. The van der Waals surface area contributed by atoms with Crippen LogP contribution in [0.4, 0.5) is 10.1 Å². The summed E-state index contributed by atoms with van der Waals surface area (Å²) in [5.74, 6) is -0.265. The van der Waals surface area contributed by atoms with E-state index in [1.807, 2.05) is 57.4 Å². The maximum Gasteiger partial charge on any atom is 0.290 e. The van der Waals surface area contributed by atoms with Gasteiger partial charge in [0.25, 0.3) is 5.56 Å². The minimum absolute atomic E-state index is 0.171. The first kappa shape index (κ1) is 20.8. The van der Waals surface area contributed by atoms with E-state index in [1.165, 1.54) is 10.7 Å². The van der Waals surface area contributed by atoms with Gasteiger partial charge in [0.05, 0.1) is 12.2 Å². The number of aromatic nitrogens is 2. The molecule has 3 rings (SSSR count). The lowest BCUT2D eigenvalue weighted by atomic mass is 10.0. The number of hydrogen-bond acceptors (Lipinski definition) is 3. The monoisotopic (exact) mass is 411 g/mol. The summed E-state index contributed by atoms with van der Waals surface area (Å²) < 4.78 is 15.2. The highest BCUT2D eigenvalue weighted by atomic mass is 35.5. The van der Waals surface area contributed by atoms with Gasteiger partial charge in [-0.1, -0.05) is 35.9 Å². The first-order valence-electron chi connectivity index (χ1n) is 9.25. The Labute approximate surface area is 174 Å². The highest BCUT2D eigenvalue weighted by Crippen LogP contribution is 2.26. The predicted octanol–water partition coefficient (Wildman–Crippen LogP) is 5.10. The number of anilines is 1. The van der Waals surface area contributed by atoms with E-state index in [2.05, 4.69) is 5.10 Å². The van der Waals surface area contributed by atoms with E-state index in [1.54, 1.807) is 24.0 Å². The van der Waals surface area contributed by atoms with Crippen LogP contribution in [0, 0.1) is 19.7 Å². The molecule has 0 bridgehead atoms. The molecule has 0 atom stereocenters. The average Bonchev–Trinajstić information content (AvgIpc) is 2.67. The highest BCUT2D eigenvalue weighted by Gasteiger charge is 2.17. The first-order chi connectivity index (χ1) is 13.8. The summed E-state index contributed by atoms with van der Waals surface area (Å²) in [5.41, 5.74) is 4.13. The number of nitrogens with zero attached hydrogens (tertiary/aromatic N) is 3. The van der Waals surface area contributed by atoms with Crippen molar-refractivity contribution in [1.29, 1.82) is 0 Å². The Bertz CT molecular complexity index is 1120. The van der Waals surface area contributed by atoms with Crippen LogP contribution < -0.4 is 10.5 Å². The Morgan fingerprint density at radius 1 is 1.14 bits per heavy atom. The molecule has 29 heavy (non-hydrogen) atoms. The van der Waals surface area contributed by atoms with Crippen LogP contribution in [0.5, 0.6) is 0 Å². The third-order valence-electron chi connectivity index (χ3n) is 4.71. The van der Waals surface area contributed by atoms with E-state index in [0.717, 1.165) is 16.7 Å². The molecule has 0 spiro atoms. The molecule has 4 nitrogen and oxygen atoms in total. The fourth-order valence-corrected chi connectivity index (χ4v) is 3.34. The van der Waals surface area contributed by atoms with Gasteiger partial charge in [-0.05, 0) is 55.3 Å². The van der Waals surface area contributed by atoms with Gasteiger partial charge in [-0.25, -0.2) is 9.07 Å². The molecule has 0 saturated heterocycles. The van der Waals surface area contributed by atoms with Gasteiger partial charge >= 0.3 is 0 Å². The third kappa shape index (κ3) is 4.57. The van der Waals surface area contributed by atoms with Gasteiger partial charge in [-0.2, -0.15) is 5.10 Å². The van der Waals surface area contributed by atoms with Gasteiger partial charge in [0.1, 0.15) is 11.5 Å². The zero-order chi connectivity index (χ0) is 21.1. The summed E-state index contributed by atoms with van der Waals surface area (Å²) in [6.07, 6.45) is 3.80. The molecule has 0 aliphatic rings. The van der Waals surface area contributed by atoms with Gasteiger partial charge in [0, 0.05) is 30.2 Å². The number of aryl methyl sites for hydroxylation is 1. The van der Waals surface area contributed by atoms with Crippen LogP contribution in [0.2, 0.25) is 5.02 Å². The molecule has 0 aliphatic carbocycles. The minimum atomic E-state index is -0.265. The molecule has 1 aromatic heterocycles. The van der Waals surface area contributed by atoms with E-state index in [-0.39, 0.29) is 11.4 Å². The zero-order valence-electron chi connectivity index (χ0n) is 16.9. The number of benzene rings is 2. The molecular weight excluding hydrogens is 389 g/mol. The van der Waals surface area contributed by atoms with Crippen LogP contribution in [0.3, 0.4) is 0 Å². The van der Waals surface area contributed by atoms with Crippen molar-refractivity contribution < 1.29 is 4.39 Å². The lowest BCUT2D eigenvalue weighted by Crippen LogP contribution is -2.30. The maximum atomic E-state index is 13.7. The maximum absolute atomic E-state index is 13.7. The summed E-state index contributed by atoms with van der Waals surface area (Å²) in [7, 11) is 3.66. The number of hydrogen-bond donors (Lipinski definition) is 0. The van der Waals surface area contributed by atoms with Crippen LogP contribution in [0.25, 0.3) is 17.3 Å². The number of rotatable bonds is 5. The van der Waals surface area contributed by atoms with Gasteiger partial charge < -0.3 is 4.90 Å². The van der Waals surface area contributed by atoms with Crippen molar-refractivity contribution in [2.75, 3.05) is 19.0 Å². The molecule has 6 heteroatoms. The van der Waals surface area contributed by atoms with Crippen molar-refractivity contribution in [3.8, 4) is 11.3 Å². The molecule has 0 unspecified atom stereocenters. The molecule has 150 valence electrons. The quantitative estimate of drug-likeness (QED) is 0.586. The standard InChI is InChI=1S/C23H23ClFN3O/c1-15-14-18(9-12-20(15)25)21-16(2)22(27(3)4)23(29)28(26-21)13-5-6-17-7-10-19(24)11-8-17/h5-12,14H,13H2,1-4H3. The van der Waals surface area contributed by atoms with Crippen LogP contribution in [0.1, 0.15) is 16.7 Å². The summed E-state index contributed by atoms with van der Waals surface area (Å²) in [5, 5.41) is 5.26. The fourth-order valence-electron chi connectivity index (χ4n) is 3.22. The minimum Gasteiger partial charge on any atom is -0.373 e. The van der Waals surface area contributed by atoms with Gasteiger partial charge in [-0.15, -0.1) is 0 Å². The van der Waals surface area contributed by atoms with Crippen LogP contribution in [0.15, 0.2) is 53.3 Å². The lowest BCUT2D eigenvalue weighted by Gasteiger charge is -2.19. The smallest absolute Gasteiger partial charge is 0.290 e. The Hall–Kier alpha value is -2.92. The number of allylic oxidation sites excluding steroid dienone is 1. The van der Waals surface area contributed by atoms with Crippen molar-refractivity contribution in [2.24, 2.45) is 0 Å². The second kappa shape index (κ2) is 8.62. The van der Waals surface area contributed by atoms with E-state index in [9.17, 15) is 9.18 Å². The molecule has 0 N–H and O–H groups in total. The summed E-state index contributed by atoms with van der Waals surface area (Å²) in [6.45, 7) is 3.90. The normalized spacial score (nSPS) is 11.2. The topological polar surface area (TPSA) is 38.1 Å². The number of halogens is 2. The van der Waals surface area contributed by atoms with E-state index >= 15 is 0 Å². The molecule has 3 aromatic rings. The molecular formula is C23H23ClFN3O. The third-order valence-corrected chi connectivity index (χ3v) is 4.96. The van der Waals surface area contributed by atoms with Crippen molar-refractivity contribution in [3.05, 3.63) is 86.4 Å². The molecule has 0 amide bonds. The van der Waals surface area contributed by atoms with Crippen LogP contribution in [-0.2, 0) is 6.54 Å². The molecule has 0 aliphatic heterocycles. The Kier molecular flexibility index (Phi) is 6.18. The Morgan fingerprint density at radius 3 is 2.45 bits per heavy atom. The summed E-state index contributed by atoms with van der Waals surface area (Å²) in [4.78, 5) is 14.8. The molecule has 1 heterocycles. The summed E-state index contributed by atoms with van der Waals surface area (Å²) in [6, 6.07) is 12.3. The SMILES string of the molecule is Cc1cc(-c2nn(CC=Cc3ccc(Cl)cc3)c(=O)c(N(C)C)c2C)ccc1F. The van der Waals surface area contributed by atoms with E-state index in [0.29, 0.717) is 28.5 Å². The van der Waals surface area contributed by atoms with Gasteiger partial charge in [0.15, 0.2) is 0 Å². The van der Waals surface area contributed by atoms with E-state index < -0.39 is 0 Å². The fraction of sp³-hybridized carbons (Fsp3) is 0.217. The van der Waals surface area contributed by atoms with Crippen LogP contribution in [-0.4, -0.2) is 23.9 Å². The molecule has 0 saturated carbocycles. The van der Waals surface area contributed by atoms with Gasteiger partial charge in [-0.3, -0.25) is 4.79 Å². The first-order valence-corrected chi connectivity index (χ1v) is 9.63. The largest absolute Gasteiger partial charge is 0.373 e. The summed E-state index contributed by atoms with van der Waals surface area (Å²) >= 11 is 5.91. The molecule has 0 radical (unpaired) electrons. The Balaban J connectivity index is 2.04. The predicted molar refractivity (Wildman–Crippen MR) is 118 cm³/mol. The van der Waals surface area contributed by atoms with Gasteiger partial charge in [0.2, 0.25) is 0 Å². The zero-order valence-corrected chi connectivity index (χ0v) is 17.7. The van der Waals surface area contributed by atoms with Crippen molar-refractivity contribution in [2.45, 2.75) is 20.4 Å². The second-order valence-corrected chi connectivity index (χ2v) is 7.56. The average molecular weight is 412 g/mol.